The monoisotopic (exact) mass is 503 g/mol. The summed E-state index contributed by atoms with van der Waals surface area (Å²) < 4.78 is 60.2. The van der Waals surface area contributed by atoms with Crippen molar-refractivity contribution in [3.05, 3.63) is 0 Å². The van der Waals surface area contributed by atoms with E-state index in [-0.39, 0.29) is 18.9 Å². The van der Waals surface area contributed by atoms with Crippen molar-refractivity contribution < 1.29 is 41.7 Å². The maximum Gasteiger partial charge on any atom is 0.391 e. The maximum absolute atomic E-state index is 12.9. The summed E-state index contributed by atoms with van der Waals surface area (Å²) in [6.45, 7) is -0.550. The number of hydrogen-bond acceptors (Lipinski definition) is 6. The molecule has 0 heterocycles. The van der Waals surface area contributed by atoms with Crippen LogP contribution in [-0.2, 0) is 28.5 Å². The zero-order valence-electron chi connectivity index (χ0n) is 17.2. The molecule has 0 radical (unpaired) electrons. The molecule has 7 nitrogen and oxygen atoms in total. The number of methoxy groups -OCH3 is 3. The van der Waals surface area contributed by atoms with Crippen molar-refractivity contribution in [1.29, 1.82) is 0 Å². The Morgan fingerprint density at radius 1 is 1.03 bits per heavy atom. The SMILES string of the molecule is COC1CC(C(=O)OCC(=O)NC2CCCC(C(F)(F)F)C2)C(Br)C(OC)C1OC. The molecule has 7 unspecified atom stereocenters. The lowest BCUT2D eigenvalue weighted by molar-refractivity contribution is -0.184. The van der Waals surface area contributed by atoms with E-state index in [1.54, 1.807) is 0 Å². The van der Waals surface area contributed by atoms with Gasteiger partial charge in [0.25, 0.3) is 5.91 Å². The molecule has 0 saturated heterocycles. The van der Waals surface area contributed by atoms with Gasteiger partial charge in [-0.25, -0.2) is 0 Å². The first-order chi connectivity index (χ1) is 14.1. The molecule has 2 aliphatic rings. The Morgan fingerprint density at radius 3 is 2.27 bits per heavy atom. The molecule has 0 bridgehead atoms. The summed E-state index contributed by atoms with van der Waals surface area (Å²) in [5.74, 6) is -3.27. The largest absolute Gasteiger partial charge is 0.455 e. The molecule has 1 N–H and O–H groups in total. The van der Waals surface area contributed by atoms with Gasteiger partial charge in [-0.2, -0.15) is 13.2 Å². The lowest BCUT2D eigenvalue weighted by atomic mass is 9.82. The number of halogens is 4. The second-order valence-corrected chi connectivity index (χ2v) is 8.80. The van der Waals surface area contributed by atoms with Gasteiger partial charge in [0.2, 0.25) is 0 Å². The normalized spacial score (nSPS) is 35.0. The first-order valence-corrected chi connectivity index (χ1v) is 10.8. The molecule has 7 atom stereocenters. The van der Waals surface area contributed by atoms with E-state index in [1.807, 2.05) is 0 Å². The second-order valence-electron chi connectivity index (χ2n) is 7.74. The van der Waals surface area contributed by atoms with Gasteiger partial charge in [-0.1, -0.05) is 22.4 Å². The summed E-state index contributed by atoms with van der Waals surface area (Å²) in [7, 11) is 4.53. The van der Waals surface area contributed by atoms with Gasteiger partial charge in [0.15, 0.2) is 6.61 Å². The number of amides is 1. The van der Waals surface area contributed by atoms with Crippen LogP contribution in [0.1, 0.15) is 32.1 Å². The summed E-state index contributed by atoms with van der Waals surface area (Å²) in [6.07, 6.45) is -4.44. The number of nitrogens with one attached hydrogen (secondary N) is 1. The van der Waals surface area contributed by atoms with Gasteiger partial charge in [-0.05, 0) is 25.7 Å². The van der Waals surface area contributed by atoms with Crippen molar-refractivity contribution in [1.82, 2.24) is 5.32 Å². The molecular weight excluding hydrogens is 475 g/mol. The molecule has 2 rings (SSSR count). The van der Waals surface area contributed by atoms with Crippen molar-refractivity contribution in [2.24, 2.45) is 11.8 Å². The highest BCUT2D eigenvalue weighted by Crippen LogP contribution is 2.38. The Balaban J connectivity index is 1.87. The number of carbonyl (C=O) groups excluding carboxylic acids is 2. The molecule has 2 saturated carbocycles. The molecule has 11 heteroatoms. The van der Waals surface area contributed by atoms with Crippen molar-refractivity contribution in [2.45, 2.75) is 67.5 Å². The minimum absolute atomic E-state index is 0.0724. The van der Waals surface area contributed by atoms with Crippen LogP contribution in [0.3, 0.4) is 0 Å². The van der Waals surface area contributed by atoms with E-state index < -0.39 is 59.6 Å². The van der Waals surface area contributed by atoms with Crippen molar-refractivity contribution in [2.75, 3.05) is 27.9 Å². The van der Waals surface area contributed by atoms with Crippen molar-refractivity contribution >= 4 is 27.8 Å². The fourth-order valence-electron chi connectivity index (χ4n) is 4.27. The summed E-state index contributed by atoms with van der Waals surface area (Å²) in [5.41, 5.74) is 0. The third kappa shape index (κ3) is 6.30. The molecular formula is C19H29BrF3NO6. The fraction of sp³-hybridized carbons (Fsp3) is 0.895. The quantitative estimate of drug-likeness (QED) is 0.424. The molecule has 2 fully saturated rings. The highest BCUT2D eigenvalue weighted by Gasteiger charge is 2.48. The lowest BCUT2D eigenvalue weighted by Gasteiger charge is -2.41. The van der Waals surface area contributed by atoms with Crippen LogP contribution in [-0.4, -0.2) is 75.2 Å². The number of esters is 1. The van der Waals surface area contributed by atoms with Crippen LogP contribution in [0.5, 0.6) is 0 Å². The average Bonchev–Trinajstić information content (AvgIpc) is 2.71. The van der Waals surface area contributed by atoms with Gasteiger partial charge in [0.1, 0.15) is 6.10 Å². The predicted molar refractivity (Wildman–Crippen MR) is 104 cm³/mol. The van der Waals surface area contributed by atoms with E-state index in [0.29, 0.717) is 19.3 Å². The minimum atomic E-state index is -4.27. The van der Waals surface area contributed by atoms with Crippen LogP contribution in [0.15, 0.2) is 0 Å². The van der Waals surface area contributed by atoms with Crippen LogP contribution >= 0.6 is 15.9 Å². The van der Waals surface area contributed by atoms with Crippen LogP contribution in [0.4, 0.5) is 13.2 Å². The molecule has 0 spiro atoms. The van der Waals surface area contributed by atoms with Crippen molar-refractivity contribution in [3.63, 3.8) is 0 Å². The van der Waals surface area contributed by atoms with E-state index in [0.717, 1.165) is 0 Å². The van der Waals surface area contributed by atoms with Gasteiger partial charge in [-0.3, -0.25) is 9.59 Å². The summed E-state index contributed by atoms with van der Waals surface area (Å²) in [4.78, 5) is 24.3. The van der Waals surface area contributed by atoms with E-state index in [2.05, 4.69) is 21.2 Å². The Hall–Kier alpha value is -0.910. The van der Waals surface area contributed by atoms with Crippen LogP contribution in [0, 0.1) is 11.8 Å². The standard InChI is InChI=1S/C19H29BrF3NO6/c1-27-13-8-12(15(20)17(29-3)16(13)28-2)18(26)30-9-14(25)24-11-6-4-5-10(7-11)19(21,22)23/h10-13,15-17H,4-9H2,1-3H3,(H,24,25). The van der Waals surface area contributed by atoms with E-state index in [1.165, 1.54) is 21.3 Å². The molecule has 0 aromatic heterocycles. The first-order valence-electron chi connectivity index (χ1n) is 9.87. The topological polar surface area (TPSA) is 83.1 Å². The van der Waals surface area contributed by atoms with Gasteiger partial charge in [-0.15, -0.1) is 0 Å². The number of hydrogen-bond donors (Lipinski definition) is 1. The van der Waals surface area contributed by atoms with E-state index in [9.17, 15) is 22.8 Å². The molecule has 1 amide bonds. The third-order valence-corrected chi connectivity index (χ3v) is 7.03. The van der Waals surface area contributed by atoms with Crippen molar-refractivity contribution in [3.8, 4) is 0 Å². The number of alkyl halides is 4. The Kier molecular flexibility index (Phi) is 9.38. The molecule has 0 aromatic rings. The Labute approximate surface area is 182 Å². The zero-order chi connectivity index (χ0) is 22.5. The summed E-state index contributed by atoms with van der Waals surface area (Å²) >= 11 is 3.46. The number of ether oxygens (including phenoxy) is 4. The number of carbonyl (C=O) groups is 2. The molecule has 0 aromatic carbocycles. The maximum atomic E-state index is 12.9. The molecule has 2 aliphatic carbocycles. The first kappa shape index (κ1) is 25.4. The predicted octanol–water partition coefficient (Wildman–Crippen LogP) is 2.60. The highest BCUT2D eigenvalue weighted by atomic mass is 79.9. The minimum Gasteiger partial charge on any atom is -0.455 e. The lowest BCUT2D eigenvalue weighted by Crippen LogP contribution is -2.55. The van der Waals surface area contributed by atoms with E-state index >= 15 is 0 Å². The van der Waals surface area contributed by atoms with Crippen LogP contribution in [0.2, 0.25) is 0 Å². The van der Waals surface area contributed by atoms with Gasteiger partial charge in [0.05, 0.1) is 28.9 Å². The van der Waals surface area contributed by atoms with Crippen LogP contribution < -0.4 is 5.32 Å². The zero-order valence-corrected chi connectivity index (χ0v) is 18.8. The van der Waals surface area contributed by atoms with Gasteiger partial charge < -0.3 is 24.3 Å². The molecule has 174 valence electrons. The number of rotatable bonds is 7. The van der Waals surface area contributed by atoms with Gasteiger partial charge in [0, 0.05) is 27.4 Å². The Bertz CT molecular complexity index is 593. The van der Waals surface area contributed by atoms with E-state index in [4.69, 9.17) is 18.9 Å². The Morgan fingerprint density at radius 2 is 1.70 bits per heavy atom. The van der Waals surface area contributed by atoms with Crippen LogP contribution in [0.25, 0.3) is 0 Å². The summed E-state index contributed by atoms with van der Waals surface area (Å²) in [6, 6.07) is -0.576. The third-order valence-electron chi connectivity index (χ3n) is 5.87. The summed E-state index contributed by atoms with van der Waals surface area (Å²) in [5, 5.41) is 2.55. The average molecular weight is 504 g/mol. The highest BCUT2D eigenvalue weighted by molar-refractivity contribution is 9.09. The molecule has 30 heavy (non-hydrogen) atoms. The fourth-order valence-corrected chi connectivity index (χ4v) is 5.22. The smallest absolute Gasteiger partial charge is 0.391 e. The second kappa shape index (κ2) is 11.1. The molecule has 0 aliphatic heterocycles. The van der Waals surface area contributed by atoms with Gasteiger partial charge >= 0.3 is 12.1 Å².